The number of hydrogen-bond donors (Lipinski definition) is 1. The third kappa shape index (κ3) is 4.27. The summed E-state index contributed by atoms with van der Waals surface area (Å²) in [6, 6.07) is 6.32. The predicted molar refractivity (Wildman–Crippen MR) is 95.4 cm³/mol. The van der Waals surface area contributed by atoms with Crippen LogP contribution in [0.25, 0.3) is 0 Å². The molecule has 5 nitrogen and oxygen atoms in total. The third-order valence-electron chi connectivity index (χ3n) is 4.70. The summed E-state index contributed by atoms with van der Waals surface area (Å²) in [6.07, 6.45) is 1.09. The number of nitrogens with zero attached hydrogens (tertiary/aromatic N) is 2. The molecule has 1 N–H and O–H groups in total. The Bertz CT molecular complexity index is 942. The van der Waals surface area contributed by atoms with Gasteiger partial charge in [0, 0.05) is 19.6 Å². The van der Waals surface area contributed by atoms with Gasteiger partial charge in [0.15, 0.2) is 0 Å². The second-order valence-electron chi connectivity index (χ2n) is 6.79. The fourth-order valence-corrected chi connectivity index (χ4v) is 4.33. The highest BCUT2D eigenvalue weighted by atomic mass is 32.2. The van der Waals surface area contributed by atoms with Gasteiger partial charge in [0.1, 0.15) is 5.69 Å². The number of nitrogens with one attached hydrogen (secondary N) is 1. The number of sulfonamides is 1. The van der Waals surface area contributed by atoms with Gasteiger partial charge in [0.05, 0.1) is 4.90 Å². The SMILES string of the molecule is Cc1ccc(S(=O)(=O)NCC2CCCN(c3c(F)c(F)nc(F)c3F)C2)cc1. The van der Waals surface area contributed by atoms with Crippen LogP contribution in [0.5, 0.6) is 0 Å². The van der Waals surface area contributed by atoms with Crippen molar-refractivity contribution in [3.8, 4) is 0 Å². The molecular weight excluding hydrogens is 398 g/mol. The first kappa shape index (κ1) is 20.5. The van der Waals surface area contributed by atoms with Crippen molar-refractivity contribution in [1.29, 1.82) is 0 Å². The molecule has 3 rings (SSSR count). The third-order valence-corrected chi connectivity index (χ3v) is 6.14. The molecule has 0 aliphatic carbocycles. The average molecular weight is 417 g/mol. The van der Waals surface area contributed by atoms with E-state index in [1.807, 2.05) is 6.92 Å². The maximum Gasteiger partial charge on any atom is 0.253 e. The summed E-state index contributed by atoms with van der Waals surface area (Å²) in [6.45, 7) is 2.11. The van der Waals surface area contributed by atoms with Gasteiger partial charge < -0.3 is 4.90 Å². The number of aromatic nitrogens is 1. The van der Waals surface area contributed by atoms with Crippen molar-refractivity contribution < 1.29 is 26.0 Å². The fraction of sp³-hybridized carbons (Fsp3) is 0.389. The molecule has 10 heteroatoms. The molecular formula is C18H19F4N3O2S. The molecule has 1 fully saturated rings. The van der Waals surface area contributed by atoms with E-state index >= 15 is 0 Å². The van der Waals surface area contributed by atoms with Crippen LogP contribution in [0.1, 0.15) is 18.4 Å². The second kappa shape index (κ2) is 8.04. The van der Waals surface area contributed by atoms with Crippen molar-refractivity contribution in [2.75, 3.05) is 24.5 Å². The van der Waals surface area contributed by atoms with Gasteiger partial charge in [-0.25, -0.2) is 13.1 Å². The maximum atomic E-state index is 14.0. The van der Waals surface area contributed by atoms with Gasteiger partial charge in [0.2, 0.25) is 21.7 Å². The van der Waals surface area contributed by atoms with Gasteiger partial charge in [-0.2, -0.15) is 22.5 Å². The Kier molecular flexibility index (Phi) is 5.90. The zero-order valence-corrected chi connectivity index (χ0v) is 15.9. The molecule has 1 unspecified atom stereocenters. The summed E-state index contributed by atoms with van der Waals surface area (Å²) in [4.78, 5) is 3.85. The molecule has 1 aromatic heterocycles. The van der Waals surface area contributed by atoms with Gasteiger partial charge in [0.25, 0.3) is 11.9 Å². The van der Waals surface area contributed by atoms with Crippen LogP contribution in [-0.2, 0) is 10.0 Å². The number of halogens is 4. The van der Waals surface area contributed by atoms with Crippen molar-refractivity contribution in [1.82, 2.24) is 9.71 Å². The number of rotatable bonds is 5. The minimum Gasteiger partial charge on any atom is -0.366 e. The standard InChI is InChI=1S/C18H19F4N3O2S/c1-11-4-6-13(7-5-11)28(26,27)23-9-12-3-2-8-25(10-12)16-14(19)17(21)24-18(22)15(16)20/h4-7,12,23H,2-3,8-10H2,1H3. The summed E-state index contributed by atoms with van der Waals surface area (Å²) in [7, 11) is -3.73. The first-order valence-electron chi connectivity index (χ1n) is 8.70. The van der Waals surface area contributed by atoms with E-state index in [0.29, 0.717) is 12.8 Å². The van der Waals surface area contributed by atoms with Gasteiger partial charge in [-0.05, 0) is 37.8 Å². The minimum absolute atomic E-state index is 0.0337. The first-order chi connectivity index (χ1) is 13.2. The molecule has 152 valence electrons. The van der Waals surface area contributed by atoms with Crippen LogP contribution < -0.4 is 9.62 Å². The quantitative estimate of drug-likeness (QED) is 0.600. The highest BCUT2D eigenvalue weighted by molar-refractivity contribution is 7.89. The van der Waals surface area contributed by atoms with Crippen LogP contribution >= 0.6 is 0 Å². The Morgan fingerprint density at radius 1 is 1.11 bits per heavy atom. The summed E-state index contributed by atoms with van der Waals surface area (Å²) in [5, 5.41) is 0. The molecule has 2 heterocycles. The van der Waals surface area contributed by atoms with Crippen molar-refractivity contribution in [3.63, 3.8) is 0 Å². The Morgan fingerprint density at radius 2 is 1.71 bits per heavy atom. The van der Waals surface area contributed by atoms with Crippen molar-refractivity contribution in [2.45, 2.75) is 24.7 Å². The largest absolute Gasteiger partial charge is 0.366 e. The van der Waals surface area contributed by atoms with Crippen LogP contribution in [0.3, 0.4) is 0 Å². The molecule has 1 atom stereocenters. The van der Waals surface area contributed by atoms with Crippen LogP contribution in [0.15, 0.2) is 29.2 Å². The van der Waals surface area contributed by atoms with E-state index in [4.69, 9.17) is 0 Å². The maximum absolute atomic E-state index is 14.0. The number of pyridine rings is 1. The van der Waals surface area contributed by atoms with Crippen molar-refractivity contribution >= 4 is 15.7 Å². The van der Waals surface area contributed by atoms with Crippen LogP contribution in [0, 0.1) is 36.4 Å². The summed E-state index contributed by atoms with van der Waals surface area (Å²) < 4.78 is 82.0. The van der Waals surface area contributed by atoms with Gasteiger partial charge >= 0.3 is 0 Å². The van der Waals surface area contributed by atoms with E-state index < -0.39 is 39.2 Å². The van der Waals surface area contributed by atoms with Gasteiger partial charge in [-0.1, -0.05) is 17.7 Å². The smallest absolute Gasteiger partial charge is 0.253 e. The molecule has 1 aliphatic heterocycles. The molecule has 0 saturated carbocycles. The van der Waals surface area contributed by atoms with E-state index in [-0.39, 0.29) is 30.4 Å². The van der Waals surface area contributed by atoms with Crippen molar-refractivity contribution in [3.05, 3.63) is 53.4 Å². The summed E-state index contributed by atoms with van der Waals surface area (Å²) in [5.74, 6) is -6.82. The zero-order chi connectivity index (χ0) is 20.5. The topological polar surface area (TPSA) is 62.3 Å². The Balaban J connectivity index is 1.72. The Morgan fingerprint density at radius 3 is 2.32 bits per heavy atom. The molecule has 28 heavy (non-hydrogen) atoms. The molecule has 0 amide bonds. The van der Waals surface area contributed by atoms with E-state index in [1.165, 1.54) is 17.0 Å². The molecule has 2 aromatic rings. The molecule has 1 saturated heterocycles. The summed E-state index contributed by atoms with van der Waals surface area (Å²) in [5.41, 5.74) is 0.110. The highest BCUT2D eigenvalue weighted by Gasteiger charge is 2.29. The Labute approximate surface area is 160 Å². The lowest BCUT2D eigenvalue weighted by molar-refractivity contribution is 0.380. The van der Waals surface area contributed by atoms with E-state index in [2.05, 4.69) is 9.71 Å². The zero-order valence-electron chi connectivity index (χ0n) is 15.1. The summed E-state index contributed by atoms with van der Waals surface area (Å²) >= 11 is 0. The van der Waals surface area contributed by atoms with E-state index in [1.54, 1.807) is 12.1 Å². The molecule has 0 spiro atoms. The number of anilines is 1. The molecule has 0 radical (unpaired) electrons. The lowest BCUT2D eigenvalue weighted by Gasteiger charge is -2.34. The highest BCUT2D eigenvalue weighted by Crippen LogP contribution is 2.30. The molecule has 0 bridgehead atoms. The molecule has 1 aliphatic rings. The van der Waals surface area contributed by atoms with E-state index in [9.17, 15) is 26.0 Å². The number of aryl methyl sites for hydroxylation is 1. The fourth-order valence-electron chi connectivity index (χ4n) is 3.22. The Hall–Kier alpha value is -2.20. The molecule has 1 aromatic carbocycles. The normalized spacial score (nSPS) is 17.8. The van der Waals surface area contributed by atoms with Gasteiger partial charge in [-0.15, -0.1) is 0 Å². The van der Waals surface area contributed by atoms with E-state index in [0.717, 1.165) is 5.56 Å². The monoisotopic (exact) mass is 417 g/mol. The number of benzene rings is 1. The minimum atomic E-state index is -3.73. The second-order valence-corrected chi connectivity index (χ2v) is 8.56. The van der Waals surface area contributed by atoms with Crippen LogP contribution in [-0.4, -0.2) is 33.0 Å². The first-order valence-corrected chi connectivity index (χ1v) is 10.2. The lowest BCUT2D eigenvalue weighted by atomic mass is 9.98. The van der Waals surface area contributed by atoms with Gasteiger partial charge in [-0.3, -0.25) is 0 Å². The number of hydrogen-bond acceptors (Lipinski definition) is 4. The number of piperidine rings is 1. The predicted octanol–water partition coefficient (Wildman–Crippen LogP) is 3.14. The van der Waals surface area contributed by atoms with Crippen LogP contribution in [0.4, 0.5) is 23.2 Å². The average Bonchev–Trinajstić information content (AvgIpc) is 2.66. The van der Waals surface area contributed by atoms with Crippen molar-refractivity contribution in [2.24, 2.45) is 5.92 Å². The lowest BCUT2D eigenvalue weighted by Crippen LogP contribution is -2.42. The van der Waals surface area contributed by atoms with Crippen LogP contribution in [0.2, 0.25) is 0 Å².